The van der Waals surface area contributed by atoms with Gasteiger partial charge in [0, 0.05) is 12.6 Å². The van der Waals surface area contributed by atoms with Crippen LogP contribution in [0.2, 0.25) is 5.02 Å². The van der Waals surface area contributed by atoms with Gasteiger partial charge in [-0.1, -0.05) is 41.9 Å². The van der Waals surface area contributed by atoms with Crippen molar-refractivity contribution in [2.24, 2.45) is 0 Å². The molecular weight excluding hydrogens is 272 g/mol. The zero-order valence-electron chi connectivity index (χ0n) is 10.8. The SMILES string of the molecule is Clc1ccc2nc3c(n2c1)C(c1ccccc1)OCC3. The minimum absolute atomic E-state index is 0.0755. The van der Waals surface area contributed by atoms with E-state index in [2.05, 4.69) is 16.5 Å². The summed E-state index contributed by atoms with van der Waals surface area (Å²) in [6.07, 6.45) is 2.68. The normalized spacial score (nSPS) is 18.1. The van der Waals surface area contributed by atoms with E-state index in [0.717, 1.165) is 29.0 Å². The number of ether oxygens (including phenoxy) is 1. The molecule has 1 aliphatic rings. The predicted molar refractivity (Wildman–Crippen MR) is 78.1 cm³/mol. The Morgan fingerprint density at radius 3 is 2.85 bits per heavy atom. The summed E-state index contributed by atoms with van der Waals surface area (Å²) >= 11 is 6.12. The standard InChI is InChI=1S/C16H13ClN2O/c17-12-6-7-14-18-13-8-9-20-16(15(13)19(14)10-12)11-4-2-1-3-5-11/h1-7,10,16H,8-9H2. The van der Waals surface area contributed by atoms with E-state index in [0.29, 0.717) is 11.6 Å². The summed E-state index contributed by atoms with van der Waals surface area (Å²) < 4.78 is 8.04. The molecule has 3 heterocycles. The number of rotatable bonds is 1. The fourth-order valence-corrected chi connectivity index (χ4v) is 2.94. The highest BCUT2D eigenvalue weighted by atomic mass is 35.5. The van der Waals surface area contributed by atoms with E-state index in [1.54, 1.807) is 0 Å². The number of nitrogens with zero attached hydrogens (tertiary/aromatic N) is 2. The van der Waals surface area contributed by atoms with Gasteiger partial charge in [-0.2, -0.15) is 0 Å². The summed E-state index contributed by atoms with van der Waals surface area (Å²) in [5.74, 6) is 0. The molecule has 1 aromatic carbocycles. The van der Waals surface area contributed by atoms with Gasteiger partial charge >= 0.3 is 0 Å². The average molecular weight is 285 g/mol. The number of aromatic nitrogens is 2. The molecule has 0 N–H and O–H groups in total. The van der Waals surface area contributed by atoms with Crippen molar-refractivity contribution >= 4 is 17.2 Å². The third kappa shape index (κ3) is 1.82. The highest BCUT2D eigenvalue weighted by Crippen LogP contribution is 2.33. The van der Waals surface area contributed by atoms with Gasteiger partial charge in [0.1, 0.15) is 11.8 Å². The fraction of sp³-hybridized carbons (Fsp3) is 0.188. The van der Waals surface area contributed by atoms with Crippen LogP contribution in [-0.2, 0) is 11.2 Å². The summed E-state index contributed by atoms with van der Waals surface area (Å²) in [5, 5.41) is 0.704. The summed E-state index contributed by atoms with van der Waals surface area (Å²) in [4.78, 5) is 4.69. The Morgan fingerprint density at radius 2 is 2.00 bits per heavy atom. The summed E-state index contributed by atoms with van der Waals surface area (Å²) in [6.45, 7) is 0.699. The highest BCUT2D eigenvalue weighted by Gasteiger charge is 2.27. The molecule has 0 aliphatic carbocycles. The van der Waals surface area contributed by atoms with Gasteiger partial charge < -0.3 is 4.74 Å². The van der Waals surface area contributed by atoms with Gasteiger partial charge in [-0.15, -0.1) is 0 Å². The van der Waals surface area contributed by atoms with Crippen LogP contribution in [0.25, 0.3) is 5.65 Å². The van der Waals surface area contributed by atoms with Gasteiger partial charge in [0.15, 0.2) is 0 Å². The molecule has 100 valence electrons. The fourth-order valence-electron chi connectivity index (χ4n) is 2.78. The Kier molecular flexibility index (Phi) is 2.76. The third-order valence-electron chi connectivity index (χ3n) is 3.67. The number of hydrogen-bond acceptors (Lipinski definition) is 2. The van der Waals surface area contributed by atoms with Crippen LogP contribution in [0.15, 0.2) is 48.7 Å². The molecule has 0 saturated heterocycles. The molecule has 0 spiro atoms. The molecule has 0 radical (unpaired) electrons. The largest absolute Gasteiger partial charge is 0.367 e. The van der Waals surface area contributed by atoms with Crippen LogP contribution in [-0.4, -0.2) is 16.0 Å². The van der Waals surface area contributed by atoms with Gasteiger partial charge in [-0.05, 0) is 17.7 Å². The van der Waals surface area contributed by atoms with Crippen molar-refractivity contribution in [2.45, 2.75) is 12.5 Å². The van der Waals surface area contributed by atoms with Crippen molar-refractivity contribution < 1.29 is 4.74 Å². The van der Waals surface area contributed by atoms with Crippen molar-refractivity contribution in [3.8, 4) is 0 Å². The van der Waals surface area contributed by atoms with Crippen molar-refractivity contribution in [3.05, 3.63) is 70.6 Å². The molecule has 0 saturated carbocycles. The molecule has 1 atom stereocenters. The molecule has 0 fully saturated rings. The van der Waals surface area contributed by atoms with Crippen LogP contribution >= 0.6 is 11.6 Å². The second kappa shape index (κ2) is 4.62. The van der Waals surface area contributed by atoms with Crippen LogP contribution in [0.5, 0.6) is 0 Å². The third-order valence-corrected chi connectivity index (χ3v) is 3.89. The minimum Gasteiger partial charge on any atom is -0.367 e. The summed E-state index contributed by atoms with van der Waals surface area (Å²) in [5.41, 5.74) is 4.27. The Balaban J connectivity index is 1.95. The van der Waals surface area contributed by atoms with Gasteiger partial charge in [0.05, 0.1) is 23.0 Å². The van der Waals surface area contributed by atoms with E-state index < -0.39 is 0 Å². The molecule has 20 heavy (non-hydrogen) atoms. The topological polar surface area (TPSA) is 26.5 Å². The number of fused-ring (bicyclic) bond motifs is 3. The van der Waals surface area contributed by atoms with Crippen LogP contribution in [0.3, 0.4) is 0 Å². The number of benzene rings is 1. The van der Waals surface area contributed by atoms with Gasteiger partial charge in [0.2, 0.25) is 0 Å². The van der Waals surface area contributed by atoms with Crippen LogP contribution in [0, 0.1) is 0 Å². The average Bonchev–Trinajstić information content (AvgIpc) is 2.86. The van der Waals surface area contributed by atoms with Gasteiger partial charge in [-0.3, -0.25) is 4.40 Å². The Morgan fingerprint density at radius 1 is 1.15 bits per heavy atom. The lowest BCUT2D eigenvalue weighted by molar-refractivity contribution is 0.0654. The maximum Gasteiger partial charge on any atom is 0.137 e. The van der Waals surface area contributed by atoms with E-state index in [1.807, 2.05) is 36.5 Å². The molecule has 4 rings (SSSR count). The zero-order chi connectivity index (χ0) is 13.5. The van der Waals surface area contributed by atoms with E-state index in [-0.39, 0.29) is 6.10 Å². The van der Waals surface area contributed by atoms with Gasteiger partial charge in [0.25, 0.3) is 0 Å². The quantitative estimate of drug-likeness (QED) is 0.682. The minimum atomic E-state index is -0.0755. The molecule has 4 heteroatoms. The first kappa shape index (κ1) is 11.9. The van der Waals surface area contributed by atoms with Crippen molar-refractivity contribution in [1.29, 1.82) is 0 Å². The van der Waals surface area contributed by atoms with E-state index in [4.69, 9.17) is 21.3 Å². The molecule has 1 unspecified atom stereocenters. The number of imidazole rings is 1. The Bertz CT molecular complexity index is 767. The molecular formula is C16H13ClN2O. The lowest BCUT2D eigenvalue weighted by atomic mass is 10.0. The van der Waals surface area contributed by atoms with Crippen molar-refractivity contribution in [3.63, 3.8) is 0 Å². The van der Waals surface area contributed by atoms with Crippen LogP contribution in [0.4, 0.5) is 0 Å². The summed E-state index contributed by atoms with van der Waals surface area (Å²) in [6, 6.07) is 14.1. The lowest BCUT2D eigenvalue weighted by Crippen LogP contribution is -2.18. The summed E-state index contributed by atoms with van der Waals surface area (Å²) in [7, 11) is 0. The second-order valence-electron chi connectivity index (χ2n) is 4.93. The molecule has 1 aliphatic heterocycles. The maximum atomic E-state index is 6.12. The Labute approximate surface area is 121 Å². The first-order valence-electron chi connectivity index (χ1n) is 6.66. The second-order valence-corrected chi connectivity index (χ2v) is 5.37. The molecule has 0 amide bonds. The van der Waals surface area contributed by atoms with Gasteiger partial charge in [-0.25, -0.2) is 4.98 Å². The van der Waals surface area contributed by atoms with E-state index in [1.165, 1.54) is 0 Å². The molecule has 3 aromatic rings. The maximum absolute atomic E-state index is 6.12. The van der Waals surface area contributed by atoms with E-state index in [9.17, 15) is 0 Å². The first-order valence-corrected chi connectivity index (χ1v) is 7.03. The van der Waals surface area contributed by atoms with Crippen LogP contribution in [0.1, 0.15) is 23.1 Å². The van der Waals surface area contributed by atoms with Crippen molar-refractivity contribution in [1.82, 2.24) is 9.38 Å². The predicted octanol–water partition coefficient (Wildman–Crippen LogP) is 3.65. The highest BCUT2D eigenvalue weighted by molar-refractivity contribution is 6.30. The van der Waals surface area contributed by atoms with Crippen molar-refractivity contribution in [2.75, 3.05) is 6.61 Å². The molecule has 3 nitrogen and oxygen atoms in total. The zero-order valence-corrected chi connectivity index (χ0v) is 11.5. The molecule has 2 aromatic heterocycles. The lowest BCUT2D eigenvalue weighted by Gasteiger charge is -2.23. The Hall–Kier alpha value is -1.84. The number of pyridine rings is 1. The van der Waals surface area contributed by atoms with Crippen LogP contribution < -0.4 is 0 Å². The number of halogens is 1. The molecule has 0 bridgehead atoms. The smallest absolute Gasteiger partial charge is 0.137 e. The monoisotopic (exact) mass is 284 g/mol. The van der Waals surface area contributed by atoms with E-state index >= 15 is 0 Å². The number of hydrogen-bond donors (Lipinski definition) is 0. The first-order chi connectivity index (χ1) is 9.83.